The van der Waals surface area contributed by atoms with Gasteiger partial charge < -0.3 is 4.74 Å². The molecule has 2 saturated heterocycles. The molecular formula is C45H71NO5. The Hall–Kier alpha value is -1.72. The summed E-state index contributed by atoms with van der Waals surface area (Å²) < 4.78 is 4.08. The standard InChI is InChI=1S/C12H18.C11H18.C7H12.C6H12.C5H7NO2.C4H4O3/c1-2-8-5-7(1)11-9-3-4-10(6-9)12(8)11;1-2-4-11-9-6-5-8(7-9)10(11)3-1;1-2-7-4-3-6(1)5-7;1-2-4-6-5-3-1;1-6-4(7)2-3-5(6)8;5-3-1-2-4(6)7-3/h7-12H,1-6H2;8-11H,1-7H2;6-7H,1-5H2;1-6H2;2-3H2,1H3;1-2H2. The lowest BCUT2D eigenvalue weighted by atomic mass is 9.71. The molecule has 10 saturated carbocycles. The van der Waals surface area contributed by atoms with Crippen molar-refractivity contribution in [1.29, 1.82) is 0 Å². The van der Waals surface area contributed by atoms with E-state index in [1.807, 2.05) is 0 Å². The molecule has 286 valence electrons. The molecule has 8 atom stereocenters. The highest BCUT2D eigenvalue weighted by Gasteiger charge is 2.59. The highest BCUT2D eigenvalue weighted by atomic mass is 16.6. The minimum atomic E-state index is -0.398. The lowest BCUT2D eigenvalue weighted by Gasteiger charge is -2.34. The quantitative estimate of drug-likeness (QED) is 0.108. The minimum Gasteiger partial charge on any atom is -0.393 e. The van der Waals surface area contributed by atoms with E-state index in [4.69, 9.17) is 0 Å². The zero-order valence-corrected chi connectivity index (χ0v) is 32.2. The van der Waals surface area contributed by atoms with Gasteiger partial charge in [0.15, 0.2) is 0 Å². The van der Waals surface area contributed by atoms with Gasteiger partial charge in [0.1, 0.15) is 0 Å². The molecule has 2 heterocycles. The Morgan fingerprint density at radius 1 is 0.412 bits per heavy atom. The van der Waals surface area contributed by atoms with E-state index < -0.39 is 11.9 Å². The number of amides is 2. The van der Waals surface area contributed by atoms with Crippen molar-refractivity contribution >= 4 is 23.8 Å². The van der Waals surface area contributed by atoms with Crippen LogP contribution in [0.25, 0.3) is 0 Å². The van der Waals surface area contributed by atoms with Gasteiger partial charge in [-0.25, -0.2) is 0 Å². The van der Waals surface area contributed by atoms with Crippen molar-refractivity contribution < 1.29 is 23.9 Å². The maximum atomic E-state index is 10.5. The van der Waals surface area contributed by atoms with E-state index in [1.165, 1.54) is 121 Å². The predicted molar refractivity (Wildman–Crippen MR) is 200 cm³/mol. The summed E-state index contributed by atoms with van der Waals surface area (Å²) in [4.78, 5) is 42.2. The number of nitrogens with zero attached hydrogens (tertiary/aromatic N) is 1. The predicted octanol–water partition coefficient (Wildman–Crippen LogP) is 10.5. The van der Waals surface area contributed by atoms with Crippen molar-refractivity contribution in [3.63, 3.8) is 0 Å². The number of imide groups is 1. The van der Waals surface area contributed by atoms with Gasteiger partial charge in [0.05, 0.1) is 12.8 Å². The molecule has 10 aliphatic carbocycles. The number of esters is 2. The van der Waals surface area contributed by atoms with Crippen LogP contribution in [0.1, 0.15) is 180 Å². The van der Waals surface area contributed by atoms with Crippen molar-refractivity contribution in [2.45, 2.75) is 180 Å². The number of rotatable bonds is 0. The van der Waals surface area contributed by atoms with Gasteiger partial charge in [-0.2, -0.15) is 0 Å². The van der Waals surface area contributed by atoms with Gasteiger partial charge in [0.2, 0.25) is 11.8 Å². The molecule has 51 heavy (non-hydrogen) atoms. The maximum absolute atomic E-state index is 10.5. The van der Waals surface area contributed by atoms with E-state index in [0.29, 0.717) is 12.8 Å². The monoisotopic (exact) mass is 706 g/mol. The first kappa shape index (κ1) is 37.6. The number of carbonyl (C=O) groups excluding carboxylic acids is 4. The third kappa shape index (κ3) is 9.15. The van der Waals surface area contributed by atoms with Crippen molar-refractivity contribution in [3.8, 4) is 0 Å². The summed E-state index contributed by atoms with van der Waals surface area (Å²) in [7, 11) is 1.51. The average Bonchev–Trinajstić information content (AvgIpc) is 4.03. The van der Waals surface area contributed by atoms with E-state index in [1.54, 1.807) is 116 Å². The molecule has 12 rings (SSSR count). The molecule has 0 radical (unpaired) electrons. The normalized spacial score (nSPS) is 42.6. The van der Waals surface area contributed by atoms with Crippen LogP contribution in [-0.4, -0.2) is 35.7 Å². The fourth-order valence-corrected chi connectivity index (χ4v) is 14.1. The minimum absolute atomic E-state index is 0.0602. The molecule has 6 heteroatoms. The number of hydrogen-bond donors (Lipinski definition) is 0. The second-order valence-corrected chi connectivity index (χ2v) is 19.2. The smallest absolute Gasteiger partial charge is 0.314 e. The Balaban J connectivity index is 0.0000000976. The SMILES string of the molecule is C1CC2CC1C1C3CCC(C3)C21.C1CC2CCC1C2.C1CCC2C3CCC(C3)C2C1.C1CCCCC1.CN1C(=O)CCC1=O.O=C1CCC(=O)O1. The van der Waals surface area contributed by atoms with Gasteiger partial charge in [-0.1, -0.05) is 77.0 Å². The van der Waals surface area contributed by atoms with E-state index in [-0.39, 0.29) is 24.7 Å². The van der Waals surface area contributed by atoms with Crippen molar-refractivity contribution in [2.75, 3.05) is 7.05 Å². The van der Waals surface area contributed by atoms with Crippen LogP contribution in [0, 0.1) is 71.0 Å². The fraction of sp³-hybridized carbons (Fsp3) is 0.911. The van der Waals surface area contributed by atoms with Crippen molar-refractivity contribution in [3.05, 3.63) is 0 Å². The molecule has 2 aliphatic heterocycles. The van der Waals surface area contributed by atoms with E-state index in [0.717, 1.165) is 0 Å². The van der Waals surface area contributed by atoms with Gasteiger partial charge in [0.25, 0.3) is 0 Å². The third-order valence-electron chi connectivity index (χ3n) is 16.4. The third-order valence-corrected chi connectivity index (χ3v) is 16.4. The topological polar surface area (TPSA) is 80.8 Å². The zero-order valence-electron chi connectivity index (χ0n) is 32.2. The lowest BCUT2D eigenvalue weighted by molar-refractivity contribution is -0.152. The van der Waals surface area contributed by atoms with Crippen LogP contribution in [0.15, 0.2) is 0 Å². The highest BCUT2D eigenvalue weighted by molar-refractivity contribution is 6.01. The molecule has 2 amide bonds. The highest BCUT2D eigenvalue weighted by Crippen LogP contribution is 2.67. The lowest BCUT2D eigenvalue weighted by Crippen LogP contribution is -2.27. The molecular weight excluding hydrogens is 634 g/mol. The van der Waals surface area contributed by atoms with Crippen LogP contribution in [0.5, 0.6) is 0 Å². The number of fused-ring (bicyclic) bond motifs is 16. The molecule has 0 N–H and O–H groups in total. The van der Waals surface area contributed by atoms with Gasteiger partial charge >= 0.3 is 11.9 Å². The summed E-state index contributed by atoms with van der Waals surface area (Å²) in [5.41, 5.74) is 0. The molecule has 0 aromatic heterocycles. The van der Waals surface area contributed by atoms with E-state index in [9.17, 15) is 19.2 Å². The molecule has 12 aliphatic rings. The van der Waals surface area contributed by atoms with Gasteiger partial charge in [-0.3, -0.25) is 24.1 Å². The van der Waals surface area contributed by atoms with E-state index in [2.05, 4.69) is 4.74 Å². The first-order chi connectivity index (χ1) is 24.8. The average molecular weight is 706 g/mol. The molecule has 12 fully saturated rings. The zero-order chi connectivity index (χ0) is 35.3. The summed E-state index contributed by atoms with van der Waals surface area (Å²) in [5, 5.41) is 0. The summed E-state index contributed by atoms with van der Waals surface area (Å²) in [6, 6.07) is 0. The van der Waals surface area contributed by atoms with Crippen LogP contribution < -0.4 is 0 Å². The van der Waals surface area contributed by atoms with E-state index >= 15 is 0 Å². The summed E-state index contributed by atoms with van der Waals surface area (Å²) in [6.07, 6.45) is 38.9. The van der Waals surface area contributed by atoms with Gasteiger partial charge in [-0.15, -0.1) is 0 Å². The second kappa shape index (κ2) is 17.6. The summed E-state index contributed by atoms with van der Waals surface area (Å²) >= 11 is 0. The van der Waals surface area contributed by atoms with Crippen LogP contribution in [-0.2, 0) is 23.9 Å². The molecule has 8 bridgehead atoms. The number of hydrogen-bond acceptors (Lipinski definition) is 5. The van der Waals surface area contributed by atoms with Crippen LogP contribution >= 0.6 is 0 Å². The van der Waals surface area contributed by atoms with Crippen LogP contribution in [0.2, 0.25) is 0 Å². The van der Waals surface area contributed by atoms with Crippen molar-refractivity contribution in [1.82, 2.24) is 4.90 Å². The Morgan fingerprint density at radius 2 is 0.765 bits per heavy atom. The maximum Gasteiger partial charge on any atom is 0.314 e. The van der Waals surface area contributed by atoms with Crippen LogP contribution in [0.3, 0.4) is 0 Å². The Labute approximate surface area is 309 Å². The number of likely N-dealkylation sites (tertiary alicyclic amines) is 1. The Kier molecular flexibility index (Phi) is 13.0. The molecule has 8 unspecified atom stereocenters. The molecule has 6 nitrogen and oxygen atoms in total. The molecule has 0 aromatic rings. The van der Waals surface area contributed by atoms with Crippen molar-refractivity contribution in [2.24, 2.45) is 71.0 Å². The second-order valence-electron chi connectivity index (χ2n) is 19.2. The number of carbonyl (C=O) groups is 4. The fourth-order valence-electron chi connectivity index (χ4n) is 14.1. The first-order valence-corrected chi connectivity index (χ1v) is 22.4. The Bertz CT molecular complexity index is 1090. The summed E-state index contributed by atoms with van der Waals surface area (Å²) in [5.74, 6) is 13.5. The number of ether oxygens (including phenoxy) is 1. The van der Waals surface area contributed by atoms with Crippen LogP contribution in [0.4, 0.5) is 0 Å². The molecule has 0 aromatic carbocycles. The van der Waals surface area contributed by atoms with Gasteiger partial charge in [0, 0.05) is 19.9 Å². The Morgan fingerprint density at radius 3 is 1.04 bits per heavy atom. The van der Waals surface area contributed by atoms with Gasteiger partial charge in [-0.05, 0) is 148 Å². The largest absolute Gasteiger partial charge is 0.393 e. The first-order valence-electron chi connectivity index (χ1n) is 22.4. The number of cyclic esters (lactones) is 2. The molecule has 0 spiro atoms. The summed E-state index contributed by atoms with van der Waals surface area (Å²) in [6.45, 7) is 0.